The van der Waals surface area contributed by atoms with Crippen molar-refractivity contribution in [2.45, 2.75) is 26.0 Å². The number of benzene rings is 1. The maximum atomic E-state index is 10.4. The Balaban J connectivity index is 2.47. The van der Waals surface area contributed by atoms with Crippen LogP contribution in [0.25, 0.3) is 0 Å². The van der Waals surface area contributed by atoms with Crippen LogP contribution in [0.5, 0.6) is 0 Å². The fraction of sp³-hybridized carbons (Fsp3) is 0.455. The Hall–Kier alpha value is -1.46. The summed E-state index contributed by atoms with van der Waals surface area (Å²) in [6, 6.07) is 6.29. The number of hydrogen-bond acceptors (Lipinski definition) is 4. The van der Waals surface area contributed by atoms with Crippen LogP contribution >= 0.6 is 0 Å². The summed E-state index contributed by atoms with van der Waals surface area (Å²) in [7, 11) is 0. The van der Waals surface area contributed by atoms with Crippen LogP contribution in [-0.4, -0.2) is 17.1 Å². The van der Waals surface area contributed by atoms with E-state index in [1.165, 1.54) is 12.1 Å². The van der Waals surface area contributed by atoms with Crippen LogP contribution < -0.4 is 5.73 Å². The number of nitrogens with zero attached hydrogens (tertiary/aromatic N) is 1. The Bertz CT molecular complexity index is 354. The Morgan fingerprint density at radius 1 is 1.38 bits per heavy atom. The highest BCUT2D eigenvalue weighted by molar-refractivity contribution is 5.32. The Morgan fingerprint density at radius 3 is 2.38 bits per heavy atom. The summed E-state index contributed by atoms with van der Waals surface area (Å²) in [5.41, 5.74) is 6.37. The van der Waals surface area contributed by atoms with Crippen molar-refractivity contribution in [1.82, 2.24) is 0 Å². The normalized spacial score (nSPS) is 11.4. The number of non-ortho nitro benzene ring substituents is 1. The van der Waals surface area contributed by atoms with Crippen LogP contribution in [0.2, 0.25) is 0 Å². The first kappa shape index (κ1) is 12.6. The SMILES string of the molecule is CC(C)(N)COCc1ccc([N+](=O)[O-])cc1. The average Bonchev–Trinajstić information content (AvgIpc) is 2.16. The summed E-state index contributed by atoms with van der Waals surface area (Å²) in [5.74, 6) is 0. The lowest BCUT2D eigenvalue weighted by Crippen LogP contribution is -2.37. The molecular formula is C11H16N2O3. The van der Waals surface area contributed by atoms with Crippen molar-refractivity contribution in [3.8, 4) is 0 Å². The van der Waals surface area contributed by atoms with E-state index in [1.54, 1.807) is 12.1 Å². The van der Waals surface area contributed by atoms with Crippen LogP contribution in [0.1, 0.15) is 19.4 Å². The highest BCUT2D eigenvalue weighted by Crippen LogP contribution is 2.12. The van der Waals surface area contributed by atoms with Gasteiger partial charge in [0.2, 0.25) is 0 Å². The van der Waals surface area contributed by atoms with Crippen molar-refractivity contribution in [2.75, 3.05) is 6.61 Å². The van der Waals surface area contributed by atoms with E-state index in [1.807, 2.05) is 13.8 Å². The molecule has 5 heteroatoms. The van der Waals surface area contributed by atoms with Crippen LogP contribution in [0, 0.1) is 10.1 Å². The van der Waals surface area contributed by atoms with Crippen molar-refractivity contribution >= 4 is 5.69 Å². The molecule has 0 heterocycles. The minimum Gasteiger partial charge on any atom is -0.375 e. The molecule has 0 aliphatic carbocycles. The Morgan fingerprint density at radius 2 is 1.94 bits per heavy atom. The molecule has 1 aromatic rings. The molecule has 0 aliphatic rings. The van der Waals surface area contributed by atoms with E-state index in [2.05, 4.69) is 0 Å². The molecule has 0 amide bonds. The van der Waals surface area contributed by atoms with Gasteiger partial charge >= 0.3 is 0 Å². The lowest BCUT2D eigenvalue weighted by atomic mass is 10.1. The molecule has 0 aromatic heterocycles. The van der Waals surface area contributed by atoms with Crippen molar-refractivity contribution in [3.05, 3.63) is 39.9 Å². The fourth-order valence-corrected chi connectivity index (χ4v) is 1.15. The van der Waals surface area contributed by atoms with Crippen molar-refractivity contribution < 1.29 is 9.66 Å². The average molecular weight is 224 g/mol. The van der Waals surface area contributed by atoms with E-state index in [0.29, 0.717) is 13.2 Å². The molecule has 88 valence electrons. The molecule has 0 fully saturated rings. The number of hydrogen-bond donors (Lipinski definition) is 1. The standard InChI is InChI=1S/C11H16N2O3/c1-11(2,12)8-16-7-9-3-5-10(6-4-9)13(14)15/h3-6H,7-8,12H2,1-2H3. The lowest BCUT2D eigenvalue weighted by molar-refractivity contribution is -0.384. The molecule has 1 rings (SSSR count). The predicted molar refractivity (Wildman–Crippen MR) is 61.0 cm³/mol. The molecule has 16 heavy (non-hydrogen) atoms. The quantitative estimate of drug-likeness (QED) is 0.611. The zero-order chi connectivity index (χ0) is 12.2. The molecule has 0 spiro atoms. The highest BCUT2D eigenvalue weighted by atomic mass is 16.6. The molecule has 0 radical (unpaired) electrons. The number of rotatable bonds is 5. The molecule has 0 atom stereocenters. The Labute approximate surface area is 94.4 Å². The van der Waals surface area contributed by atoms with E-state index in [0.717, 1.165) is 5.56 Å². The van der Waals surface area contributed by atoms with Gasteiger partial charge in [0.1, 0.15) is 0 Å². The minimum absolute atomic E-state index is 0.0860. The van der Waals surface area contributed by atoms with Gasteiger partial charge in [0.05, 0.1) is 18.1 Å². The fourth-order valence-electron chi connectivity index (χ4n) is 1.15. The van der Waals surface area contributed by atoms with E-state index < -0.39 is 4.92 Å². The second kappa shape index (κ2) is 5.05. The van der Waals surface area contributed by atoms with E-state index in [9.17, 15) is 10.1 Å². The van der Waals surface area contributed by atoms with Gasteiger partial charge in [-0.2, -0.15) is 0 Å². The van der Waals surface area contributed by atoms with Crippen molar-refractivity contribution in [2.24, 2.45) is 5.73 Å². The summed E-state index contributed by atoms with van der Waals surface area (Å²) in [6.07, 6.45) is 0. The third-order valence-electron chi connectivity index (χ3n) is 1.89. The number of nitrogens with two attached hydrogens (primary N) is 1. The second-order valence-corrected chi connectivity index (χ2v) is 4.40. The first-order valence-corrected chi connectivity index (χ1v) is 4.98. The summed E-state index contributed by atoms with van der Waals surface area (Å²) in [6.45, 7) is 4.62. The van der Waals surface area contributed by atoms with Crippen LogP contribution in [-0.2, 0) is 11.3 Å². The molecule has 2 N–H and O–H groups in total. The number of nitro benzene ring substituents is 1. The van der Waals surface area contributed by atoms with Gasteiger partial charge in [-0.3, -0.25) is 10.1 Å². The first-order chi connectivity index (χ1) is 7.38. The predicted octanol–water partition coefficient (Wildman–Crippen LogP) is 1.85. The minimum atomic E-state index is -0.423. The topological polar surface area (TPSA) is 78.4 Å². The van der Waals surface area contributed by atoms with Crippen molar-refractivity contribution in [1.29, 1.82) is 0 Å². The molecule has 0 aliphatic heterocycles. The van der Waals surface area contributed by atoms with Gasteiger partial charge in [0.15, 0.2) is 0 Å². The third-order valence-corrected chi connectivity index (χ3v) is 1.89. The van der Waals surface area contributed by atoms with Gasteiger partial charge in [-0.1, -0.05) is 0 Å². The molecule has 0 saturated carbocycles. The monoisotopic (exact) mass is 224 g/mol. The molecule has 0 bridgehead atoms. The van der Waals surface area contributed by atoms with E-state index >= 15 is 0 Å². The molecule has 0 unspecified atom stereocenters. The third kappa shape index (κ3) is 4.37. The van der Waals surface area contributed by atoms with Gasteiger partial charge in [0, 0.05) is 17.7 Å². The summed E-state index contributed by atoms with van der Waals surface area (Å²) in [4.78, 5) is 9.99. The van der Waals surface area contributed by atoms with Gasteiger partial charge in [0.25, 0.3) is 5.69 Å². The second-order valence-electron chi connectivity index (χ2n) is 4.40. The molecule has 0 saturated heterocycles. The molecule has 1 aromatic carbocycles. The van der Waals surface area contributed by atoms with Gasteiger partial charge < -0.3 is 10.5 Å². The first-order valence-electron chi connectivity index (χ1n) is 4.98. The smallest absolute Gasteiger partial charge is 0.269 e. The van der Waals surface area contributed by atoms with Crippen LogP contribution in [0.4, 0.5) is 5.69 Å². The zero-order valence-corrected chi connectivity index (χ0v) is 9.47. The lowest BCUT2D eigenvalue weighted by Gasteiger charge is -2.18. The van der Waals surface area contributed by atoms with Gasteiger partial charge in [-0.15, -0.1) is 0 Å². The maximum Gasteiger partial charge on any atom is 0.269 e. The van der Waals surface area contributed by atoms with Crippen LogP contribution in [0.3, 0.4) is 0 Å². The Kier molecular flexibility index (Phi) is 3.98. The molecular weight excluding hydrogens is 208 g/mol. The number of ether oxygens (including phenoxy) is 1. The largest absolute Gasteiger partial charge is 0.375 e. The van der Waals surface area contributed by atoms with Crippen molar-refractivity contribution in [3.63, 3.8) is 0 Å². The highest BCUT2D eigenvalue weighted by Gasteiger charge is 2.10. The van der Waals surface area contributed by atoms with E-state index in [-0.39, 0.29) is 11.2 Å². The molecule has 5 nitrogen and oxygen atoms in total. The van der Waals surface area contributed by atoms with Crippen LogP contribution in [0.15, 0.2) is 24.3 Å². The summed E-state index contributed by atoms with van der Waals surface area (Å²) >= 11 is 0. The zero-order valence-electron chi connectivity index (χ0n) is 9.47. The summed E-state index contributed by atoms with van der Waals surface area (Å²) < 4.78 is 5.39. The summed E-state index contributed by atoms with van der Waals surface area (Å²) in [5, 5.41) is 10.4. The van der Waals surface area contributed by atoms with E-state index in [4.69, 9.17) is 10.5 Å². The van der Waals surface area contributed by atoms with Gasteiger partial charge in [-0.05, 0) is 31.5 Å². The number of nitro groups is 1. The maximum absolute atomic E-state index is 10.4. The van der Waals surface area contributed by atoms with Gasteiger partial charge in [-0.25, -0.2) is 0 Å².